The highest BCUT2D eigenvalue weighted by Crippen LogP contribution is 2.33. The Bertz CT molecular complexity index is 966. The van der Waals surface area contributed by atoms with Gasteiger partial charge < -0.3 is 14.5 Å². The molecule has 2 aromatic rings. The summed E-state index contributed by atoms with van der Waals surface area (Å²) in [6.45, 7) is 4.94. The Labute approximate surface area is 171 Å². The van der Waals surface area contributed by atoms with E-state index < -0.39 is 6.04 Å². The van der Waals surface area contributed by atoms with Gasteiger partial charge in [0.2, 0.25) is 5.91 Å². The van der Waals surface area contributed by atoms with Crippen LogP contribution in [0.4, 0.5) is 5.69 Å². The molecule has 29 heavy (non-hydrogen) atoms. The van der Waals surface area contributed by atoms with Gasteiger partial charge in [-0.05, 0) is 29.2 Å². The van der Waals surface area contributed by atoms with E-state index in [1.54, 1.807) is 22.9 Å². The van der Waals surface area contributed by atoms with Crippen LogP contribution in [0, 0.1) is 5.92 Å². The number of carbonyl (C=O) groups excluding carboxylic acids is 2. The van der Waals surface area contributed by atoms with Crippen molar-refractivity contribution >= 4 is 17.5 Å². The Hall–Kier alpha value is -2.92. The maximum absolute atomic E-state index is 13.6. The quantitative estimate of drug-likeness (QED) is 0.743. The first-order valence-electron chi connectivity index (χ1n) is 10.0. The molecule has 2 aromatic carbocycles. The summed E-state index contributed by atoms with van der Waals surface area (Å²) in [5.41, 5.74) is 3.29. The Kier molecular flexibility index (Phi) is 5.24. The van der Waals surface area contributed by atoms with Gasteiger partial charge in [-0.2, -0.15) is 0 Å². The molecule has 2 heterocycles. The van der Waals surface area contributed by atoms with Crippen LogP contribution >= 0.6 is 0 Å². The molecule has 5 heteroatoms. The SMILES string of the molecule is CC(C)C1C(=O)N(Cc2ccccc2C2C=CCO2)c2ccccc2C(=O)N1C. The summed E-state index contributed by atoms with van der Waals surface area (Å²) in [7, 11) is 1.72. The molecule has 0 saturated carbocycles. The minimum absolute atomic E-state index is 0.00426. The molecule has 0 saturated heterocycles. The van der Waals surface area contributed by atoms with Crippen LogP contribution in [0.2, 0.25) is 0 Å². The molecule has 2 aliphatic rings. The number of ether oxygens (including phenoxy) is 1. The van der Waals surface area contributed by atoms with Gasteiger partial charge in [0.15, 0.2) is 0 Å². The molecule has 150 valence electrons. The van der Waals surface area contributed by atoms with E-state index in [1.807, 2.05) is 68.5 Å². The number of nitrogens with zero attached hydrogens (tertiary/aromatic N) is 2. The highest BCUT2D eigenvalue weighted by molar-refractivity contribution is 6.10. The molecule has 4 rings (SSSR count). The van der Waals surface area contributed by atoms with E-state index in [4.69, 9.17) is 4.74 Å². The predicted octanol–water partition coefficient (Wildman–Crippen LogP) is 3.96. The highest BCUT2D eigenvalue weighted by atomic mass is 16.5. The maximum atomic E-state index is 13.6. The Morgan fingerprint density at radius 1 is 1.07 bits per heavy atom. The van der Waals surface area contributed by atoms with Gasteiger partial charge in [0.1, 0.15) is 12.1 Å². The number of hydrogen-bond donors (Lipinski definition) is 0. The van der Waals surface area contributed by atoms with Crippen LogP contribution in [0.15, 0.2) is 60.7 Å². The first-order valence-corrected chi connectivity index (χ1v) is 10.0. The topological polar surface area (TPSA) is 49.9 Å². The number of amides is 2. The summed E-state index contributed by atoms with van der Waals surface area (Å²) in [6.07, 6.45) is 3.95. The third-order valence-corrected chi connectivity index (χ3v) is 5.69. The van der Waals surface area contributed by atoms with E-state index in [1.165, 1.54) is 0 Å². The number of para-hydroxylation sites is 1. The standard InChI is InChI=1S/C24H26N2O3/c1-16(2)22-24(28)26(20-12-7-6-11-19(20)23(27)25(22)3)15-17-9-4-5-10-18(17)21-13-8-14-29-21/h4-13,16,21-22H,14-15H2,1-3H3. The summed E-state index contributed by atoms with van der Waals surface area (Å²) < 4.78 is 5.81. The van der Waals surface area contributed by atoms with Crippen molar-refractivity contribution in [2.45, 2.75) is 32.5 Å². The number of anilines is 1. The maximum Gasteiger partial charge on any atom is 0.256 e. The zero-order valence-corrected chi connectivity index (χ0v) is 17.0. The molecule has 2 unspecified atom stereocenters. The molecule has 0 aromatic heterocycles. The van der Waals surface area contributed by atoms with E-state index in [-0.39, 0.29) is 23.8 Å². The number of benzene rings is 2. The third-order valence-electron chi connectivity index (χ3n) is 5.69. The second-order valence-corrected chi connectivity index (χ2v) is 7.93. The molecule has 2 atom stereocenters. The van der Waals surface area contributed by atoms with Gasteiger partial charge in [0, 0.05) is 7.05 Å². The van der Waals surface area contributed by atoms with Crippen LogP contribution in [0.3, 0.4) is 0 Å². The predicted molar refractivity (Wildman–Crippen MR) is 113 cm³/mol. The van der Waals surface area contributed by atoms with Gasteiger partial charge in [-0.15, -0.1) is 0 Å². The van der Waals surface area contributed by atoms with E-state index >= 15 is 0 Å². The van der Waals surface area contributed by atoms with Crippen LogP contribution in [-0.2, 0) is 16.1 Å². The normalized spacial score (nSPS) is 21.7. The average molecular weight is 390 g/mol. The lowest BCUT2D eigenvalue weighted by Crippen LogP contribution is -2.49. The largest absolute Gasteiger partial charge is 0.365 e. The lowest BCUT2D eigenvalue weighted by Gasteiger charge is -2.31. The Balaban J connectivity index is 1.80. The number of rotatable bonds is 4. The molecule has 0 N–H and O–H groups in total. The minimum atomic E-state index is -0.510. The second-order valence-electron chi connectivity index (χ2n) is 7.93. The van der Waals surface area contributed by atoms with Crippen molar-refractivity contribution in [3.8, 4) is 0 Å². The highest BCUT2D eigenvalue weighted by Gasteiger charge is 2.39. The van der Waals surface area contributed by atoms with Crippen molar-refractivity contribution in [3.63, 3.8) is 0 Å². The molecule has 2 amide bonds. The Morgan fingerprint density at radius 2 is 1.79 bits per heavy atom. The molecule has 0 radical (unpaired) electrons. The van der Waals surface area contributed by atoms with Gasteiger partial charge in [0.25, 0.3) is 5.91 Å². The first-order chi connectivity index (χ1) is 14.0. The monoisotopic (exact) mass is 390 g/mol. The van der Waals surface area contributed by atoms with Crippen LogP contribution in [0.5, 0.6) is 0 Å². The van der Waals surface area contributed by atoms with Gasteiger partial charge in [0.05, 0.1) is 24.4 Å². The van der Waals surface area contributed by atoms with Crippen molar-refractivity contribution in [3.05, 3.63) is 77.4 Å². The smallest absolute Gasteiger partial charge is 0.256 e. The van der Waals surface area contributed by atoms with Crippen molar-refractivity contribution in [2.24, 2.45) is 5.92 Å². The van der Waals surface area contributed by atoms with Crippen LogP contribution in [-0.4, -0.2) is 36.4 Å². The van der Waals surface area contributed by atoms with E-state index in [0.717, 1.165) is 11.1 Å². The van der Waals surface area contributed by atoms with Crippen LogP contribution < -0.4 is 4.90 Å². The van der Waals surface area contributed by atoms with Crippen LogP contribution in [0.1, 0.15) is 41.4 Å². The third kappa shape index (κ3) is 3.47. The summed E-state index contributed by atoms with van der Waals surface area (Å²) in [5, 5.41) is 0. The fraction of sp³-hybridized carbons (Fsp3) is 0.333. The molecular weight excluding hydrogens is 364 g/mol. The van der Waals surface area contributed by atoms with Crippen molar-refractivity contribution < 1.29 is 14.3 Å². The molecule has 0 fully saturated rings. The van der Waals surface area contributed by atoms with E-state index in [0.29, 0.717) is 24.4 Å². The molecule has 0 spiro atoms. The summed E-state index contributed by atoms with van der Waals surface area (Å²) in [4.78, 5) is 30.1. The second kappa shape index (κ2) is 7.84. The van der Waals surface area contributed by atoms with E-state index in [9.17, 15) is 9.59 Å². The zero-order valence-electron chi connectivity index (χ0n) is 17.0. The fourth-order valence-corrected chi connectivity index (χ4v) is 4.26. The number of fused-ring (bicyclic) bond motifs is 1. The lowest BCUT2D eigenvalue weighted by atomic mass is 9.99. The molecule has 0 bridgehead atoms. The van der Waals surface area contributed by atoms with Crippen molar-refractivity contribution in [2.75, 3.05) is 18.6 Å². The van der Waals surface area contributed by atoms with Gasteiger partial charge in [-0.25, -0.2) is 0 Å². The first kappa shape index (κ1) is 19.4. The lowest BCUT2D eigenvalue weighted by molar-refractivity contribution is -0.124. The van der Waals surface area contributed by atoms with E-state index in [2.05, 4.69) is 0 Å². The van der Waals surface area contributed by atoms with Gasteiger partial charge in [-0.3, -0.25) is 9.59 Å². The van der Waals surface area contributed by atoms with Gasteiger partial charge in [-0.1, -0.05) is 62.4 Å². The number of hydrogen-bond acceptors (Lipinski definition) is 3. The molecular formula is C24H26N2O3. The average Bonchev–Trinajstić information content (AvgIpc) is 3.24. The minimum Gasteiger partial charge on any atom is -0.365 e. The molecule has 0 aliphatic carbocycles. The Morgan fingerprint density at radius 3 is 2.52 bits per heavy atom. The van der Waals surface area contributed by atoms with Crippen molar-refractivity contribution in [1.29, 1.82) is 0 Å². The zero-order chi connectivity index (χ0) is 20.5. The molecule has 2 aliphatic heterocycles. The molecule has 5 nitrogen and oxygen atoms in total. The van der Waals surface area contributed by atoms with Gasteiger partial charge >= 0.3 is 0 Å². The number of likely N-dealkylation sites (N-methyl/N-ethyl adjacent to an activating group) is 1. The van der Waals surface area contributed by atoms with Crippen LogP contribution in [0.25, 0.3) is 0 Å². The summed E-state index contributed by atoms with van der Waals surface area (Å²) >= 11 is 0. The van der Waals surface area contributed by atoms with Crippen molar-refractivity contribution in [1.82, 2.24) is 4.90 Å². The summed E-state index contributed by atoms with van der Waals surface area (Å²) in [5.74, 6) is -0.173. The number of carbonyl (C=O) groups is 2. The summed E-state index contributed by atoms with van der Waals surface area (Å²) in [6, 6.07) is 14.9. The fourth-order valence-electron chi connectivity index (χ4n) is 4.26.